The van der Waals surface area contributed by atoms with Crippen LogP contribution in [0.3, 0.4) is 0 Å². The maximum absolute atomic E-state index is 10.3. The second kappa shape index (κ2) is 10.8. The van der Waals surface area contributed by atoms with Gasteiger partial charge < -0.3 is 0 Å². The second-order valence-corrected chi connectivity index (χ2v) is 12.9. The van der Waals surface area contributed by atoms with E-state index in [9.17, 15) is 5.11 Å². The minimum atomic E-state index is -0.839. The van der Waals surface area contributed by atoms with Crippen LogP contribution in [0.2, 0.25) is 3.43 Å². The predicted molar refractivity (Wildman–Crippen MR) is 106 cm³/mol. The van der Waals surface area contributed by atoms with Crippen LogP contribution in [0.15, 0.2) is 18.2 Å². The molecule has 2 nitrogen and oxygen atoms in total. The Morgan fingerprint density at radius 2 is 1.42 bits per heavy atom. The molecule has 1 N–H and O–H groups in total. The SMILES string of the molecule is CCCC[C](CCCC)(CCCC)[Sn][c]1cccc(C(C)(C)O)n1. The Labute approximate surface area is 160 Å². The molecule has 0 bridgehead atoms. The average Bonchev–Trinajstić information content (AvgIpc) is 2.55. The molecule has 24 heavy (non-hydrogen) atoms. The number of pyridine rings is 1. The molecule has 1 aromatic heterocycles. The normalized spacial score (nSPS) is 12.6. The Morgan fingerprint density at radius 3 is 1.83 bits per heavy atom. The van der Waals surface area contributed by atoms with Gasteiger partial charge in [-0.05, 0) is 0 Å². The molecule has 1 rings (SSSR count). The molecule has 136 valence electrons. The number of hydrogen-bond acceptors (Lipinski definition) is 2. The zero-order valence-corrected chi connectivity index (χ0v) is 19.3. The van der Waals surface area contributed by atoms with Gasteiger partial charge in [-0.3, -0.25) is 0 Å². The molecule has 0 saturated heterocycles. The van der Waals surface area contributed by atoms with E-state index in [0.29, 0.717) is 3.43 Å². The van der Waals surface area contributed by atoms with Gasteiger partial charge in [0.15, 0.2) is 0 Å². The van der Waals surface area contributed by atoms with E-state index in [1.807, 2.05) is 19.9 Å². The van der Waals surface area contributed by atoms with E-state index < -0.39 is 26.7 Å². The molecule has 2 radical (unpaired) electrons. The van der Waals surface area contributed by atoms with Crippen LogP contribution in [0.25, 0.3) is 0 Å². The van der Waals surface area contributed by atoms with Gasteiger partial charge in [0.05, 0.1) is 0 Å². The molecule has 1 aromatic rings. The number of nitrogens with zero attached hydrogens (tertiary/aromatic N) is 1. The maximum atomic E-state index is 10.3. The summed E-state index contributed by atoms with van der Waals surface area (Å²) in [7, 11) is 0. The zero-order chi connectivity index (χ0) is 18.1. The van der Waals surface area contributed by atoms with Gasteiger partial charge in [0, 0.05) is 0 Å². The molecular weight excluding hydrogens is 401 g/mol. The van der Waals surface area contributed by atoms with Crippen molar-refractivity contribution >= 4 is 24.9 Å². The van der Waals surface area contributed by atoms with E-state index in [1.165, 1.54) is 61.5 Å². The first kappa shape index (κ1) is 22.0. The second-order valence-electron chi connectivity index (χ2n) is 7.68. The molecule has 0 aliphatic rings. The summed E-state index contributed by atoms with van der Waals surface area (Å²) in [6, 6.07) is 6.29. The molecule has 0 atom stereocenters. The van der Waals surface area contributed by atoms with E-state index in [4.69, 9.17) is 4.98 Å². The van der Waals surface area contributed by atoms with E-state index in [1.54, 1.807) is 0 Å². The average molecular weight is 438 g/mol. The van der Waals surface area contributed by atoms with Gasteiger partial charge in [-0.1, -0.05) is 0 Å². The Hall–Kier alpha value is -0.0913. The molecule has 0 amide bonds. The van der Waals surface area contributed by atoms with Crippen LogP contribution in [-0.4, -0.2) is 31.2 Å². The number of unbranched alkanes of at least 4 members (excludes halogenated alkanes) is 3. The Kier molecular flexibility index (Phi) is 9.88. The van der Waals surface area contributed by atoms with Gasteiger partial charge in [-0.25, -0.2) is 0 Å². The quantitative estimate of drug-likeness (QED) is 0.446. The molecule has 0 unspecified atom stereocenters. The Morgan fingerprint density at radius 1 is 0.917 bits per heavy atom. The number of aliphatic hydroxyl groups is 1. The first-order valence-electron chi connectivity index (χ1n) is 9.85. The van der Waals surface area contributed by atoms with Gasteiger partial charge in [-0.15, -0.1) is 0 Å². The van der Waals surface area contributed by atoms with Crippen molar-refractivity contribution < 1.29 is 5.11 Å². The number of hydrogen-bond donors (Lipinski definition) is 1. The molecular formula is C21H37NOSn. The summed E-state index contributed by atoms with van der Waals surface area (Å²) in [5.41, 5.74) is -0.00906. The van der Waals surface area contributed by atoms with Crippen LogP contribution in [0.5, 0.6) is 0 Å². The van der Waals surface area contributed by atoms with Crippen molar-refractivity contribution in [3.8, 4) is 0 Å². The molecule has 0 spiro atoms. The first-order valence-corrected chi connectivity index (χ1v) is 12.7. The van der Waals surface area contributed by atoms with Crippen molar-refractivity contribution in [1.82, 2.24) is 4.98 Å². The summed E-state index contributed by atoms with van der Waals surface area (Å²) < 4.78 is 1.87. The van der Waals surface area contributed by atoms with Gasteiger partial charge >= 0.3 is 160 Å². The minimum absolute atomic E-state index is 0.552. The van der Waals surface area contributed by atoms with Crippen molar-refractivity contribution in [3.63, 3.8) is 0 Å². The molecule has 3 heteroatoms. The van der Waals surface area contributed by atoms with Crippen molar-refractivity contribution in [2.24, 2.45) is 0 Å². The fraction of sp³-hybridized carbons (Fsp3) is 0.762. The summed E-state index contributed by atoms with van der Waals surface area (Å²) >= 11 is -0.807. The first-order chi connectivity index (χ1) is 11.4. The summed E-state index contributed by atoms with van der Waals surface area (Å²) in [5, 5.41) is 10.3. The van der Waals surface area contributed by atoms with E-state index >= 15 is 0 Å². The molecule has 1 heterocycles. The van der Waals surface area contributed by atoms with Crippen LogP contribution in [0.4, 0.5) is 0 Å². The van der Waals surface area contributed by atoms with Gasteiger partial charge in [-0.2, -0.15) is 0 Å². The van der Waals surface area contributed by atoms with Gasteiger partial charge in [0.2, 0.25) is 0 Å². The van der Waals surface area contributed by atoms with E-state index in [2.05, 4.69) is 32.9 Å². The molecule has 0 aromatic carbocycles. The standard InChI is InChI=1S/C13H27.C8H10NO.Sn/c1-4-7-10-13(11-8-5-2)12-9-6-3;1-8(2,10)7-5-3-4-6-9-7;/h4-12H2,1-3H3;3-5,10H,1-2H3;. The number of aromatic nitrogens is 1. The Bertz CT molecular complexity index is 445. The fourth-order valence-corrected chi connectivity index (χ4v) is 8.38. The molecule has 0 saturated carbocycles. The van der Waals surface area contributed by atoms with E-state index in [0.717, 1.165) is 5.69 Å². The van der Waals surface area contributed by atoms with Crippen molar-refractivity contribution in [2.45, 2.75) is 101 Å². The summed E-state index contributed by atoms with van der Waals surface area (Å²) in [5.74, 6) is 0. The van der Waals surface area contributed by atoms with Crippen LogP contribution < -0.4 is 3.71 Å². The third-order valence-electron chi connectivity index (χ3n) is 4.80. The van der Waals surface area contributed by atoms with Crippen LogP contribution in [0, 0.1) is 0 Å². The zero-order valence-electron chi connectivity index (χ0n) is 16.5. The number of rotatable bonds is 12. The molecule has 0 aliphatic carbocycles. The van der Waals surface area contributed by atoms with Crippen molar-refractivity contribution in [3.05, 3.63) is 23.9 Å². The molecule has 0 aliphatic heterocycles. The van der Waals surface area contributed by atoms with Crippen molar-refractivity contribution in [2.75, 3.05) is 0 Å². The predicted octanol–water partition coefficient (Wildman–Crippen LogP) is 5.37. The van der Waals surface area contributed by atoms with Crippen molar-refractivity contribution in [1.29, 1.82) is 0 Å². The third-order valence-corrected chi connectivity index (χ3v) is 9.98. The fourth-order valence-electron chi connectivity index (χ4n) is 3.22. The van der Waals surface area contributed by atoms with Crippen LogP contribution in [0.1, 0.15) is 98.1 Å². The van der Waals surface area contributed by atoms with Gasteiger partial charge in [0.25, 0.3) is 0 Å². The summed E-state index contributed by atoms with van der Waals surface area (Å²) in [6.45, 7) is 10.6. The third kappa shape index (κ3) is 7.43. The topological polar surface area (TPSA) is 33.1 Å². The monoisotopic (exact) mass is 439 g/mol. The summed E-state index contributed by atoms with van der Waals surface area (Å²) in [6.07, 6.45) is 12.0. The van der Waals surface area contributed by atoms with Gasteiger partial charge in [0.1, 0.15) is 0 Å². The summed E-state index contributed by atoms with van der Waals surface area (Å²) in [4.78, 5) is 4.88. The van der Waals surface area contributed by atoms with E-state index in [-0.39, 0.29) is 0 Å². The van der Waals surface area contributed by atoms with Crippen LogP contribution in [-0.2, 0) is 5.60 Å². The molecule has 0 fully saturated rings. The van der Waals surface area contributed by atoms with Crippen LogP contribution >= 0.6 is 0 Å². The Balaban J connectivity index is 3.03.